The van der Waals surface area contributed by atoms with Gasteiger partial charge < -0.3 is 5.11 Å². The average Bonchev–Trinajstić information content (AvgIpc) is 2.95. The molecule has 0 saturated heterocycles. The van der Waals surface area contributed by atoms with Gasteiger partial charge in [0, 0.05) is 18.3 Å². The third kappa shape index (κ3) is 2.75. The minimum atomic E-state index is -3.43. The molecule has 2 rings (SSSR count). The third-order valence-electron chi connectivity index (χ3n) is 3.09. The molecule has 1 aliphatic rings. The molecule has 1 aromatic rings. The van der Waals surface area contributed by atoms with Gasteiger partial charge in [-0.1, -0.05) is 0 Å². The van der Waals surface area contributed by atoms with Crippen molar-refractivity contribution in [1.29, 1.82) is 0 Å². The van der Waals surface area contributed by atoms with E-state index >= 15 is 0 Å². The molecular weight excluding hydrogens is 296 g/mol. The lowest BCUT2D eigenvalue weighted by atomic mass is 10.1. The molecule has 0 aliphatic carbocycles. The number of hydrogen-bond acceptors (Lipinski definition) is 4. The molecule has 0 fully saturated rings. The van der Waals surface area contributed by atoms with Gasteiger partial charge in [0.05, 0.1) is 0 Å². The van der Waals surface area contributed by atoms with Crippen LogP contribution in [0.15, 0.2) is 17.4 Å². The van der Waals surface area contributed by atoms with Gasteiger partial charge in [0.15, 0.2) is 0 Å². The van der Waals surface area contributed by atoms with E-state index in [1.807, 2.05) is 0 Å². The van der Waals surface area contributed by atoms with Crippen molar-refractivity contribution >= 4 is 11.6 Å². The van der Waals surface area contributed by atoms with Gasteiger partial charge in [-0.05, 0) is 13.0 Å². The number of nitrogens with zero attached hydrogens (tertiary/aromatic N) is 4. The summed E-state index contributed by atoms with van der Waals surface area (Å²) in [4.78, 5) is 12.0. The number of aryl methyl sites for hydroxylation is 1. The number of hydrazone groups is 1. The number of alkyl halides is 4. The lowest BCUT2D eigenvalue weighted by Crippen LogP contribution is -2.52. The second kappa shape index (κ2) is 5.43. The first-order valence-corrected chi connectivity index (χ1v) is 5.93. The molecule has 21 heavy (non-hydrogen) atoms. The number of halogens is 4. The number of aromatic nitrogens is 2. The largest absolute Gasteiger partial charge is 0.364 e. The first-order valence-electron chi connectivity index (χ1n) is 5.93. The Kier molecular flexibility index (Phi) is 3.99. The van der Waals surface area contributed by atoms with Crippen LogP contribution in [0.4, 0.5) is 17.6 Å². The highest BCUT2D eigenvalue weighted by molar-refractivity contribution is 5.92. The fraction of sp³-hybridized carbons (Fsp3) is 0.545. The van der Waals surface area contributed by atoms with Gasteiger partial charge in [-0.2, -0.15) is 15.2 Å². The van der Waals surface area contributed by atoms with Crippen LogP contribution in [0, 0.1) is 6.92 Å². The van der Waals surface area contributed by atoms with E-state index in [9.17, 15) is 27.5 Å². The molecule has 0 radical (unpaired) electrons. The molecule has 1 aromatic heterocycles. The van der Waals surface area contributed by atoms with Gasteiger partial charge >= 0.3 is 0 Å². The first kappa shape index (κ1) is 15.4. The van der Waals surface area contributed by atoms with Crippen molar-refractivity contribution in [2.45, 2.75) is 38.5 Å². The highest BCUT2D eigenvalue weighted by atomic mass is 19.3. The van der Waals surface area contributed by atoms with Crippen molar-refractivity contribution in [2.75, 3.05) is 0 Å². The minimum Gasteiger partial charge on any atom is -0.364 e. The van der Waals surface area contributed by atoms with Gasteiger partial charge in [-0.3, -0.25) is 9.48 Å². The van der Waals surface area contributed by atoms with E-state index in [0.29, 0.717) is 5.69 Å². The molecule has 0 unspecified atom stereocenters. The molecule has 116 valence electrons. The molecule has 1 atom stereocenters. The molecule has 2 heterocycles. The lowest BCUT2D eigenvalue weighted by Gasteiger charge is -2.30. The molecule has 1 N–H and O–H groups in total. The van der Waals surface area contributed by atoms with Gasteiger partial charge in [-0.15, -0.1) is 0 Å². The number of carbonyl (C=O) groups is 1. The molecule has 1 aliphatic heterocycles. The molecule has 0 saturated carbocycles. The summed E-state index contributed by atoms with van der Waals surface area (Å²) in [7, 11) is 0. The Bertz CT molecular complexity index is 574. The lowest BCUT2D eigenvalue weighted by molar-refractivity contribution is -0.192. The average molecular weight is 308 g/mol. The van der Waals surface area contributed by atoms with Crippen LogP contribution < -0.4 is 0 Å². The maximum atomic E-state index is 12.9. The summed E-state index contributed by atoms with van der Waals surface area (Å²) in [5, 5.41) is 16.8. The van der Waals surface area contributed by atoms with E-state index in [1.165, 1.54) is 10.9 Å². The zero-order chi connectivity index (χ0) is 15.8. The Morgan fingerprint density at radius 3 is 2.62 bits per heavy atom. The van der Waals surface area contributed by atoms with Crippen LogP contribution in [0.3, 0.4) is 0 Å². The fourth-order valence-corrected chi connectivity index (χ4v) is 1.91. The quantitative estimate of drug-likeness (QED) is 0.844. The predicted molar refractivity (Wildman–Crippen MR) is 62.8 cm³/mol. The molecule has 1 amide bonds. The second-order valence-electron chi connectivity index (χ2n) is 4.58. The number of amides is 1. The smallest absolute Gasteiger partial charge is 0.287 e. The van der Waals surface area contributed by atoms with Crippen LogP contribution in [0.25, 0.3) is 0 Å². The van der Waals surface area contributed by atoms with Crippen LogP contribution in [0.1, 0.15) is 12.1 Å². The van der Waals surface area contributed by atoms with Gasteiger partial charge in [0.25, 0.3) is 18.8 Å². The molecule has 0 aromatic carbocycles. The van der Waals surface area contributed by atoms with Crippen molar-refractivity contribution in [1.82, 2.24) is 14.8 Å². The van der Waals surface area contributed by atoms with Crippen LogP contribution in [0.2, 0.25) is 0 Å². The molecular formula is C11H12F4N4O2. The van der Waals surface area contributed by atoms with E-state index in [0.717, 1.165) is 0 Å². The Hall–Kier alpha value is -1.97. The number of rotatable bonds is 4. The first-order chi connectivity index (χ1) is 9.75. The van der Waals surface area contributed by atoms with Gasteiger partial charge in [-0.25, -0.2) is 17.6 Å². The highest BCUT2D eigenvalue weighted by Gasteiger charge is 2.53. The summed E-state index contributed by atoms with van der Waals surface area (Å²) in [5.41, 5.74) is -3.44. The van der Waals surface area contributed by atoms with Gasteiger partial charge in [0.2, 0.25) is 5.72 Å². The van der Waals surface area contributed by atoms with E-state index in [4.69, 9.17) is 0 Å². The summed E-state index contributed by atoms with van der Waals surface area (Å²) in [6.07, 6.45) is -6.26. The Morgan fingerprint density at radius 1 is 1.48 bits per heavy atom. The van der Waals surface area contributed by atoms with Crippen molar-refractivity contribution < 1.29 is 27.5 Å². The summed E-state index contributed by atoms with van der Waals surface area (Å²) in [6.45, 7) is 1.13. The zero-order valence-electron chi connectivity index (χ0n) is 10.9. The van der Waals surface area contributed by atoms with Crippen LogP contribution in [-0.4, -0.2) is 50.1 Å². The number of carbonyl (C=O) groups excluding carboxylic acids is 1. The topological polar surface area (TPSA) is 70.7 Å². The van der Waals surface area contributed by atoms with E-state index in [1.54, 1.807) is 13.0 Å². The number of hydrogen-bond donors (Lipinski definition) is 1. The van der Waals surface area contributed by atoms with Crippen molar-refractivity contribution in [2.24, 2.45) is 5.10 Å². The van der Waals surface area contributed by atoms with E-state index in [-0.39, 0.29) is 5.01 Å². The van der Waals surface area contributed by atoms with Crippen molar-refractivity contribution in [3.05, 3.63) is 18.0 Å². The normalized spacial score (nSPS) is 22.3. The SMILES string of the molecule is Cc1ccnn1CC(=O)N1N=C(C(F)F)C[C@]1(O)C(F)F. The van der Waals surface area contributed by atoms with Gasteiger partial charge in [0.1, 0.15) is 12.3 Å². The van der Waals surface area contributed by atoms with Crippen LogP contribution in [0.5, 0.6) is 0 Å². The van der Waals surface area contributed by atoms with Crippen molar-refractivity contribution in [3.63, 3.8) is 0 Å². The summed E-state index contributed by atoms with van der Waals surface area (Å²) >= 11 is 0. The standard InChI is InChI=1S/C11H12F4N4O2/c1-6-2-3-16-18(6)5-8(20)19-11(21,10(14)15)4-7(17-19)9(12)13/h2-3,9-10,21H,4-5H2,1H3/t11-/m0/s1. The molecule has 0 spiro atoms. The number of aliphatic hydroxyl groups is 1. The zero-order valence-corrected chi connectivity index (χ0v) is 10.9. The van der Waals surface area contributed by atoms with E-state index < -0.39 is 43.2 Å². The van der Waals surface area contributed by atoms with Crippen molar-refractivity contribution in [3.8, 4) is 0 Å². The van der Waals surface area contributed by atoms with Crippen LogP contribution in [-0.2, 0) is 11.3 Å². The van der Waals surface area contributed by atoms with E-state index in [2.05, 4.69) is 10.2 Å². The highest BCUT2D eigenvalue weighted by Crippen LogP contribution is 2.33. The summed E-state index contributed by atoms with van der Waals surface area (Å²) < 4.78 is 52.2. The predicted octanol–water partition coefficient (Wildman–Crippen LogP) is 0.999. The second-order valence-corrected chi connectivity index (χ2v) is 4.58. The monoisotopic (exact) mass is 308 g/mol. The Morgan fingerprint density at radius 2 is 2.14 bits per heavy atom. The third-order valence-corrected chi connectivity index (χ3v) is 3.09. The molecule has 0 bridgehead atoms. The van der Waals surface area contributed by atoms with Crippen LogP contribution >= 0.6 is 0 Å². The maximum Gasteiger partial charge on any atom is 0.287 e. The Labute approximate surface area is 116 Å². The summed E-state index contributed by atoms with van der Waals surface area (Å²) in [6, 6.07) is 1.57. The maximum absolute atomic E-state index is 12.9. The minimum absolute atomic E-state index is 0.0281. The summed E-state index contributed by atoms with van der Waals surface area (Å²) in [5.74, 6) is -1.06. The molecule has 6 nitrogen and oxygen atoms in total. The molecule has 10 heteroatoms. The Balaban J connectivity index is 2.25. The fourth-order valence-electron chi connectivity index (χ4n) is 1.91.